The molecule has 1 fully saturated rings. The highest BCUT2D eigenvalue weighted by molar-refractivity contribution is 5.38. The molecule has 3 N–H and O–H groups in total. The maximum absolute atomic E-state index is 5.36. The monoisotopic (exact) mass is 267 g/mol. The molecule has 0 radical (unpaired) electrons. The number of rotatable bonds is 4. The summed E-state index contributed by atoms with van der Waals surface area (Å²) in [6, 6.07) is 0.644. The van der Waals surface area contributed by atoms with Crippen LogP contribution in [0.2, 0.25) is 0 Å². The molecule has 1 aliphatic rings. The second-order valence-electron chi connectivity index (χ2n) is 4.76. The van der Waals surface area contributed by atoms with Gasteiger partial charge in [0, 0.05) is 19.6 Å². The smallest absolute Gasteiger partial charge is 0.322 e. The largest absolute Gasteiger partial charge is 0.467 e. The van der Waals surface area contributed by atoms with Crippen LogP contribution in [0.1, 0.15) is 12.8 Å². The number of nitrogens with two attached hydrogens (primary N) is 1. The van der Waals surface area contributed by atoms with Crippen LogP contribution in [0.25, 0.3) is 0 Å². The summed E-state index contributed by atoms with van der Waals surface area (Å²) >= 11 is 0. The Hall–Kier alpha value is -1.67. The lowest BCUT2D eigenvalue weighted by atomic mass is 10.1. The minimum absolute atomic E-state index is 0.258. The van der Waals surface area contributed by atoms with E-state index in [-0.39, 0.29) is 6.01 Å². The van der Waals surface area contributed by atoms with Gasteiger partial charge in [-0.15, -0.1) is 0 Å². The first-order valence-electron chi connectivity index (χ1n) is 6.32. The lowest BCUT2D eigenvalue weighted by Crippen LogP contribution is -2.45. The molecular formula is C11H21N7O. The fraction of sp³-hybridized carbons (Fsp3) is 0.727. The first-order valence-corrected chi connectivity index (χ1v) is 6.32. The van der Waals surface area contributed by atoms with Crippen LogP contribution in [-0.4, -0.2) is 60.2 Å². The van der Waals surface area contributed by atoms with Crippen LogP contribution < -0.4 is 20.9 Å². The molecule has 1 aliphatic heterocycles. The average molecular weight is 267 g/mol. The van der Waals surface area contributed by atoms with E-state index in [1.54, 1.807) is 0 Å². The fourth-order valence-corrected chi connectivity index (χ4v) is 2.28. The molecule has 0 aliphatic carbocycles. The number of hydrogen-bond donors (Lipinski definition) is 2. The molecule has 0 bridgehead atoms. The summed E-state index contributed by atoms with van der Waals surface area (Å²) in [4.78, 5) is 16.9. The fourth-order valence-electron chi connectivity index (χ4n) is 2.28. The highest BCUT2D eigenvalue weighted by Gasteiger charge is 2.23. The van der Waals surface area contributed by atoms with Crippen LogP contribution in [0.3, 0.4) is 0 Å². The van der Waals surface area contributed by atoms with E-state index in [1.165, 1.54) is 13.5 Å². The van der Waals surface area contributed by atoms with E-state index in [2.05, 4.69) is 37.2 Å². The van der Waals surface area contributed by atoms with Gasteiger partial charge in [-0.1, -0.05) is 0 Å². The van der Waals surface area contributed by atoms with Gasteiger partial charge in [-0.05, 0) is 26.4 Å². The Kier molecular flexibility index (Phi) is 4.33. The Morgan fingerprint density at radius 2 is 2.21 bits per heavy atom. The Labute approximate surface area is 112 Å². The quantitative estimate of drug-likeness (QED) is 0.567. The summed E-state index contributed by atoms with van der Waals surface area (Å²) in [5.41, 5.74) is 2.43. The standard InChI is InChI=1S/C11H21N7O/c1-17-6-4-5-8(7-17)18(2)10-13-9(16-12)14-11(15-10)19-3/h8H,4-7,12H2,1-3H3,(H,13,14,15,16). The number of likely N-dealkylation sites (tertiary alicyclic amines) is 1. The van der Waals surface area contributed by atoms with Gasteiger partial charge < -0.3 is 14.5 Å². The van der Waals surface area contributed by atoms with Gasteiger partial charge in [0.05, 0.1) is 7.11 Å². The minimum atomic E-state index is 0.258. The van der Waals surface area contributed by atoms with Crippen LogP contribution >= 0.6 is 0 Å². The van der Waals surface area contributed by atoms with E-state index in [9.17, 15) is 0 Å². The maximum atomic E-state index is 5.36. The number of aromatic nitrogens is 3. The van der Waals surface area contributed by atoms with Crippen molar-refractivity contribution >= 4 is 11.9 Å². The number of hydrazine groups is 1. The topological polar surface area (TPSA) is 92.4 Å². The molecule has 1 aromatic rings. The van der Waals surface area contributed by atoms with Crippen LogP contribution in [0.4, 0.5) is 11.9 Å². The van der Waals surface area contributed by atoms with E-state index in [4.69, 9.17) is 10.6 Å². The van der Waals surface area contributed by atoms with Gasteiger partial charge in [-0.2, -0.15) is 15.0 Å². The van der Waals surface area contributed by atoms with Gasteiger partial charge in [0.2, 0.25) is 11.9 Å². The van der Waals surface area contributed by atoms with Gasteiger partial charge in [-0.3, -0.25) is 5.43 Å². The molecular weight excluding hydrogens is 246 g/mol. The first-order chi connectivity index (χ1) is 9.13. The van der Waals surface area contributed by atoms with Gasteiger partial charge in [0.15, 0.2) is 0 Å². The second-order valence-corrected chi connectivity index (χ2v) is 4.76. The van der Waals surface area contributed by atoms with Crippen molar-refractivity contribution < 1.29 is 4.74 Å². The highest BCUT2D eigenvalue weighted by Crippen LogP contribution is 2.20. The normalized spacial score (nSPS) is 20.1. The molecule has 0 spiro atoms. The number of ether oxygens (including phenoxy) is 1. The zero-order chi connectivity index (χ0) is 13.8. The zero-order valence-electron chi connectivity index (χ0n) is 11.6. The minimum Gasteiger partial charge on any atom is -0.467 e. The van der Waals surface area contributed by atoms with Crippen LogP contribution in [0.5, 0.6) is 6.01 Å². The molecule has 1 unspecified atom stereocenters. The number of anilines is 2. The summed E-state index contributed by atoms with van der Waals surface area (Å²) < 4.78 is 5.06. The van der Waals surface area contributed by atoms with Crippen molar-refractivity contribution in [3.63, 3.8) is 0 Å². The molecule has 8 nitrogen and oxygen atoms in total. The van der Waals surface area contributed by atoms with Crippen molar-refractivity contribution in [3.05, 3.63) is 0 Å². The van der Waals surface area contributed by atoms with Gasteiger partial charge >= 0.3 is 6.01 Å². The molecule has 19 heavy (non-hydrogen) atoms. The van der Waals surface area contributed by atoms with E-state index >= 15 is 0 Å². The van der Waals surface area contributed by atoms with Crippen molar-refractivity contribution in [1.82, 2.24) is 19.9 Å². The van der Waals surface area contributed by atoms with Crippen LogP contribution in [-0.2, 0) is 0 Å². The number of piperidine rings is 1. The van der Waals surface area contributed by atoms with Gasteiger partial charge in [0.1, 0.15) is 0 Å². The predicted molar refractivity (Wildman–Crippen MR) is 73.1 cm³/mol. The third kappa shape index (κ3) is 3.21. The number of hydrogen-bond acceptors (Lipinski definition) is 8. The third-order valence-electron chi connectivity index (χ3n) is 3.38. The Balaban J connectivity index is 2.19. The summed E-state index contributed by atoms with van der Waals surface area (Å²) in [6.07, 6.45) is 2.30. The number of likely N-dealkylation sites (N-methyl/N-ethyl adjacent to an activating group) is 2. The van der Waals surface area contributed by atoms with Gasteiger partial charge in [-0.25, -0.2) is 5.84 Å². The Bertz CT molecular complexity index is 405. The maximum Gasteiger partial charge on any atom is 0.322 e. The molecule has 1 atom stereocenters. The molecule has 2 heterocycles. The third-order valence-corrected chi connectivity index (χ3v) is 3.38. The second kappa shape index (κ2) is 5.98. The van der Waals surface area contributed by atoms with Crippen LogP contribution in [0, 0.1) is 0 Å². The van der Waals surface area contributed by atoms with E-state index < -0.39 is 0 Å². The molecule has 0 amide bonds. The number of nitrogens with one attached hydrogen (secondary N) is 1. The summed E-state index contributed by atoms with van der Waals surface area (Å²) in [7, 11) is 5.63. The first kappa shape index (κ1) is 13.8. The SMILES string of the molecule is COc1nc(NN)nc(N(C)C2CCCN(C)C2)n1. The molecule has 1 aromatic heterocycles. The zero-order valence-corrected chi connectivity index (χ0v) is 11.6. The number of methoxy groups -OCH3 is 1. The van der Waals surface area contributed by atoms with E-state index in [0.717, 1.165) is 19.5 Å². The molecule has 8 heteroatoms. The van der Waals surface area contributed by atoms with E-state index in [0.29, 0.717) is 17.9 Å². The van der Waals surface area contributed by atoms with Crippen molar-refractivity contribution in [2.24, 2.45) is 5.84 Å². The number of nitrogen functional groups attached to an aromatic ring is 1. The number of nitrogens with zero attached hydrogens (tertiary/aromatic N) is 5. The van der Waals surface area contributed by atoms with E-state index in [1.807, 2.05) is 7.05 Å². The molecule has 1 saturated heterocycles. The lowest BCUT2D eigenvalue weighted by Gasteiger charge is -2.35. The molecule has 0 aromatic carbocycles. The Morgan fingerprint density at radius 3 is 2.84 bits per heavy atom. The van der Waals surface area contributed by atoms with Crippen molar-refractivity contribution in [3.8, 4) is 6.01 Å². The van der Waals surface area contributed by atoms with Crippen LogP contribution in [0.15, 0.2) is 0 Å². The predicted octanol–water partition coefficient (Wildman–Crippen LogP) is -0.304. The molecule has 0 saturated carbocycles. The lowest BCUT2D eigenvalue weighted by molar-refractivity contribution is 0.246. The molecule has 106 valence electrons. The van der Waals surface area contributed by atoms with Crippen molar-refractivity contribution in [2.75, 3.05) is 44.6 Å². The van der Waals surface area contributed by atoms with Crippen molar-refractivity contribution in [1.29, 1.82) is 0 Å². The van der Waals surface area contributed by atoms with Gasteiger partial charge in [0.25, 0.3) is 0 Å². The molecule has 2 rings (SSSR count). The summed E-state index contributed by atoms with van der Waals surface area (Å²) in [6.45, 7) is 2.14. The Morgan fingerprint density at radius 1 is 1.42 bits per heavy atom. The highest BCUT2D eigenvalue weighted by atomic mass is 16.5. The summed E-state index contributed by atoms with van der Waals surface area (Å²) in [5, 5.41) is 0. The summed E-state index contributed by atoms with van der Waals surface area (Å²) in [5.74, 6) is 6.23. The van der Waals surface area contributed by atoms with Crippen molar-refractivity contribution in [2.45, 2.75) is 18.9 Å². The average Bonchev–Trinajstić information content (AvgIpc) is 2.45.